The number of amides is 2. The minimum atomic E-state index is -0.899. The number of carbonyl (C=O) groups is 3. The number of nitrogens with one attached hydrogen (secondary N) is 3. The molecule has 0 aliphatic carbocycles. The molecule has 9 heteroatoms. The normalized spacial score (nSPS) is 11.7. The van der Waals surface area contributed by atoms with Gasteiger partial charge in [0.1, 0.15) is 6.04 Å². The summed E-state index contributed by atoms with van der Waals surface area (Å²) in [7, 11) is 1.25. The van der Waals surface area contributed by atoms with Crippen molar-refractivity contribution in [2.45, 2.75) is 12.5 Å². The van der Waals surface area contributed by atoms with Crippen molar-refractivity contribution in [3.63, 3.8) is 0 Å². The number of hydrogen-bond donors (Lipinski definition) is 3. The number of hydrogen-bond acceptors (Lipinski definition) is 4. The summed E-state index contributed by atoms with van der Waals surface area (Å²) in [5.74, 6) is -1.60. The van der Waals surface area contributed by atoms with Crippen LogP contribution in [0.2, 0.25) is 10.0 Å². The molecule has 2 aromatic carbocycles. The number of H-pyrrole nitrogens is 1. The predicted octanol–water partition coefficient (Wildman–Crippen LogP) is 3.11. The molecule has 0 bridgehead atoms. The summed E-state index contributed by atoms with van der Waals surface area (Å²) < 4.78 is 4.82. The third-order valence-electron chi connectivity index (χ3n) is 4.51. The summed E-state index contributed by atoms with van der Waals surface area (Å²) >= 11 is 11.7. The topological polar surface area (TPSA) is 100 Å². The molecule has 3 rings (SSSR count). The molecule has 0 radical (unpaired) electrons. The molecule has 156 valence electrons. The second-order valence-corrected chi connectivity index (χ2v) is 7.33. The molecule has 7 nitrogen and oxygen atoms in total. The van der Waals surface area contributed by atoms with E-state index >= 15 is 0 Å². The van der Waals surface area contributed by atoms with Crippen LogP contribution < -0.4 is 10.6 Å². The van der Waals surface area contributed by atoms with Gasteiger partial charge in [-0.3, -0.25) is 9.59 Å². The molecule has 2 amide bonds. The van der Waals surface area contributed by atoms with Crippen molar-refractivity contribution in [1.82, 2.24) is 15.6 Å². The van der Waals surface area contributed by atoms with Gasteiger partial charge in [0.05, 0.1) is 23.7 Å². The number of methoxy groups -OCH3 is 1. The zero-order chi connectivity index (χ0) is 21.7. The Hall–Kier alpha value is -3.03. The Morgan fingerprint density at radius 3 is 2.60 bits per heavy atom. The highest BCUT2D eigenvalue weighted by Crippen LogP contribution is 2.22. The Bertz CT molecular complexity index is 1100. The maximum absolute atomic E-state index is 12.3. The molecule has 1 aromatic heterocycles. The fraction of sp³-hybridized carbons (Fsp3) is 0.190. The van der Waals surface area contributed by atoms with Crippen LogP contribution in [0.3, 0.4) is 0 Å². The zero-order valence-electron chi connectivity index (χ0n) is 16.0. The number of rotatable bonds is 7. The van der Waals surface area contributed by atoms with Gasteiger partial charge in [0.15, 0.2) is 0 Å². The van der Waals surface area contributed by atoms with Crippen LogP contribution in [0, 0.1) is 0 Å². The first-order chi connectivity index (χ1) is 14.4. The lowest BCUT2D eigenvalue weighted by Gasteiger charge is -2.16. The van der Waals surface area contributed by atoms with Gasteiger partial charge >= 0.3 is 5.97 Å². The van der Waals surface area contributed by atoms with Crippen LogP contribution >= 0.6 is 23.2 Å². The Morgan fingerprint density at radius 1 is 1.10 bits per heavy atom. The maximum atomic E-state index is 12.3. The SMILES string of the molecule is COC(=O)[C@H](Cc1c[nH]c2ccccc12)NC(=O)CNC(=O)c1ccc(Cl)c(Cl)c1. The Labute approximate surface area is 182 Å². The first kappa shape index (κ1) is 21.7. The molecular weight excluding hydrogens is 429 g/mol. The monoisotopic (exact) mass is 447 g/mol. The molecule has 0 spiro atoms. The van der Waals surface area contributed by atoms with Gasteiger partial charge < -0.3 is 20.4 Å². The molecule has 1 heterocycles. The van der Waals surface area contributed by atoms with Crippen molar-refractivity contribution in [1.29, 1.82) is 0 Å². The largest absolute Gasteiger partial charge is 0.467 e. The van der Waals surface area contributed by atoms with Crippen LogP contribution in [-0.2, 0) is 20.7 Å². The first-order valence-electron chi connectivity index (χ1n) is 9.04. The zero-order valence-corrected chi connectivity index (χ0v) is 17.5. The molecule has 1 atom stereocenters. The van der Waals surface area contributed by atoms with Crippen molar-refractivity contribution >= 4 is 51.9 Å². The van der Waals surface area contributed by atoms with Gasteiger partial charge in [0, 0.05) is 29.1 Å². The molecule has 3 aromatic rings. The van der Waals surface area contributed by atoms with E-state index in [-0.39, 0.29) is 23.6 Å². The standard InChI is InChI=1S/C21H19Cl2N3O4/c1-30-21(29)18(9-13-10-24-17-5-3-2-4-14(13)17)26-19(27)11-25-20(28)12-6-7-15(22)16(23)8-12/h2-8,10,18,24H,9,11H2,1H3,(H,25,28)(H,26,27)/t18-/m0/s1. The molecule has 0 saturated heterocycles. The first-order valence-corrected chi connectivity index (χ1v) is 9.80. The van der Waals surface area contributed by atoms with E-state index in [1.165, 1.54) is 25.3 Å². The lowest BCUT2D eigenvalue weighted by atomic mass is 10.0. The number of aromatic amines is 1. The average molecular weight is 448 g/mol. The van der Waals surface area contributed by atoms with Gasteiger partial charge in [0.2, 0.25) is 5.91 Å². The van der Waals surface area contributed by atoms with E-state index in [1.807, 2.05) is 24.3 Å². The van der Waals surface area contributed by atoms with Crippen LogP contribution in [0.1, 0.15) is 15.9 Å². The smallest absolute Gasteiger partial charge is 0.328 e. The number of para-hydroxylation sites is 1. The number of benzene rings is 2. The molecule has 0 aliphatic rings. The van der Waals surface area contributed by atoms with E-state index in [1.54, 1.807) is 6.20 Å². The van der Waals surface area contributed by atoms with Crippen molar-refractivity contribution in [3.8, 4) is 0 Å². The van der Waals surface area contributed by atoms with Crippen LogP contribution in [0.4, 0.5) is 0 Å². The van der Waals surface area contributed by atoms with Crippen LogP contribution in [0.25, 0.3) is 10.9 Å². The fourth-order valence-corrected chi connectivity index (χ4v) is 3.30. The van der Waals surface area contributed by atoms with Gasteiger partial charge in [-0.15, -0.1) is 0 Å². The second-order valence-electron chi connectivity index (χ2n) is 6.52. The number of esters is 1. The molecule has 0 fully saturated rings. The van der Waals surface area contributed by atoms with Crippen LogP contribution in [-0.4, -0.2) is 42.5 Å². The van der Waals surface area contributed by atoms with Gasteiger partial charge in [-0.25, -0.2) is 4.79 Å². The third-order valence-corrected chi connectivity index (χ3v) is 5.25. The van der Waals surface area contributed by atoms with E-state index < -0.39 is 23.8 Å². The summed E-state index contributed by atoms with van der Waals surface area (Å²) in [6.45, 7) is -0.319. The van der Waals surface area contributed by atoms with E-state index in [2.05, 4.69) is 15.6 Å². The van der Waals surface area contributed by atoms with Crippen molar-refractivity contribution in [2.24, 2.45) is 0 Å². The molecule has 0 unspecified atom stereocenters. The molecule has 30 heavy (non-hydrogen) atoms. The number of fused-ring (bicyclic) bond motifs is 1. The number of carbonyl (C=O) groups excluding carboxylic acids is 3. The summed E-state index contributed by atoms with van der Waals surface area (Å²) in [5, 5.41) is 6.60. The summed E-state index contributed by atoms with van der Waals surface area (Å²) in [5.41, 5.74) is 2.05. The summed E-state index contributed by atoms with van der Waals surface area (Å²) in [6, 6.07) is 11.1. The minimum Gasteiger partial charge on any atom is -0.467 e. The summed E-state index contributed by atoms with van der Waals surface area (Å²) in [6.07, 6.45) is 2.03. The average Bonchev–Trinajstić information content (AvgIpc) is 3.15. The molecular formula is C21H19Cl2N3O4. The predicted molar refractivity (Wildman–Crippen MR) is 115 cm³/mol. The molecule has 0 saturated carbocycles. The number of halogens is 2. The van der Waals surface area contributed by atoms with E-state index in [0.717, 1.165) is 16.5 Å². The van der Waals surface area contributed by atoms with Crippen LogP contribution in [0.5, 0.6) is 0 Å². The lowest BCUT2D eigenvalue weighted by molar-refractivity contribution is -0.144. The quantitative estimate of drug-likeness (QED) is 0.484. The highest BCUT2D eigenvalue weighted by atomic mass is 35.5. The van der Waals surface area contributed by atoms with Gasteiger partial charge in [-0.05, 0) is 29.8 Å². The fourth-order valence-electron chi connectivity index (χ4n) is 3.00. The number of aromatic nitrogens is 1. The number of ether oxygens (including phenoxy) is 1. The highest BCUT2D eigenvalue weighted by molar-refractivity contribution is 6.42. The lowest BCUT2D eigenvalue weighted by Crippen LogP contribution is -2.47. The third kappa shape index (κ3) is 5.11. The molecule has 0 aliphatic heterocycles. The Balaban J connectivity index is 1.63. The van der Waals surface area contributed by atoms with Gasteiger partial charge in [0.25, 0.3) is 5.91 Å². The van der Waals surface area contributed by atoms with Crippen molar-refractivity contribution in [3.05, 3.63) is 69.8 Å². The van der Waals surface area contributed by atoms with Gasteiger partial charge in [-0.2, -0.15) is 0 Å². The van der Waals surface area contributed by atoms with E-state index in [4.69, 9.17) is 27.9 Å². The van der Waals surface area contributed by atoms with Gasteiger partial charge in [-0.1, -0.05) is 41.4 Å². The highest BCUT2D eigenvalue weighted by Gasteiger charge is 2.23. The molecule has 3 N–H and O–H groups in total. The second kappa shape index (κ2) is 9.65. The van der Waals surface area contributed by atoms with Crippen molar-refractivity contribution < 1.29 is 19.1 Å². The summed E-state index contributed by atoms with van der Waals surface area (Å²) in [4.78, 5) is 39.8. The van der Waals surface area contributed by atoms with Crippen molar-refractivity contribution in [2.75, 3.05) is 13.7 Å². The van der Waals surface area contributed by atoms with E-state index in [9.17, 15) is 14.4 Å². The van der Waals surface area contributed by atoms with Crippen LogP contribution in [0.15, 0.2) is 48.7 Å². The Morgan fingerprint density at radius 2 is 1.87 bits per heavy atom. The maximum Gasteiger partial charge on any atom is 0.328 e. The minimum absolute atomic E-state index is 0.234. The Kier molecular flexibility index (Phi) is 6.97. The van der Waals surface area contributed by atoms with E-state index in [0.29, 0.717) is 5.02 Å².